The zero-order valence-electron chi connectivity index (χ0n) is 12.6. The molecule has 4 rings (SSSR count). The van der Waals surface area contributed by atoms with E-state index >= 15 is 0 Å². The van der Waals surface area contributed by atoms with Gasteiger partial charge in [0.25, 0.3) is 0 Å². The lowest BCUT2D eigenvalue weighted by molar-refractivity contribution is 0.530. The molecule has 0 aliphatic carbocycles. The van der Waals surface area contributed by atoms with E-state index in [0.29, 0.717) is 6.04 Å². The summed E-state index contributed by atoms with van der Waals surface area (Å²) in [5.74, 6) is 0. The highest BCUT2D eigenvalue weighted by Gasteiger charge is 2.21. The quantitative estimate of drug-likeness (QED) is 0.807. The smallest absolute Gasteiger partial charge is 0.0830 e. The van der Waals surface area contributed by atoms with E-state index in [1.54, 1.807) is 11.3 Å². The van der Waals surface area contributed by atoms with Crippen molar-refractivity contribution in [1.82, 2.24) is 14.8 Å². The van der Waals surface area contributed by atoms with Crippen LogP contribution in [0.1, 0.15) is 12.8 Å². The first kappa shape index (κ1) is 13.6. The first-order valence-corrected chi connectivity index (χ1v) is 8.50. The van der Waals surface area contributed by atoms with Crippen LogP contribution < -0.4 is 10.2 Å². The fourth-order valence-electron chi connectivity index (χ4n) is 3.11. The second-order valence-corrected chi connectivity index (χ2v) is 6.71. The number of anilines is 2. The maximum absolute atomic E-state index is 4.41. The van der Waals surface area contributed by atoms with Crippen LogP contribution >= 0.6 is 11.3 Å². The van der Waals surface area contributed by atoms with Gasteiger partial charge in [-0.3, -0.25) is 9.67 Å². The Morgan fingerprint density at radius 3 is 3.18 bits per heavy atom. The van der Waals surface area contributed by atoms with E-state index in [1.165, 1.54) is 28.9 Å². The second kappa shape index (κ2) is 5.61. The molecule has 1 aliphatic rings. The van der Waals surface area contributed by atoms with Crippen molar-refractivity contribution >= 4 is 32.9 Å². The molecule has 1 atom stereocenters. The average Bonchev–Trinajstić information content (AvgIpc) is 3.17. The average molecular weight is 313 g/mol. The van der Waals surface area contributed by atoms with Gasteiger partial charge in [0, 0.05) is 38.6 Å². The zero-order chi connectivity index (χ0) is 14.9. The number of nitrogens with one attached hydrogen (secondary N) is 1. The monoisotopic (exact) mass is 313 g/mol. The normalized spacial score (nSPS) is 18.8. The maximum Gasteiger partial charge on any atom is 0.0830 e. The summed E-state index contributed by atoms with van der Waals surface area (Å²) in [6, 6.07) is 4.62. The predicted molar refractivity (Wildman–Crippen MR) is 91.7 cm³/mol. The van der Waals surface area contributed by atoms with Gasteiger partial charge in [0.2, 0.25) is 0 Å². The number of nitrogens with zero attached hydrogens (tertiary/aromatic N) is 4. The van der Waals surface area contributed by atoms with E-state index in [1.807, 2.05) is 24.1 Å². The third kappa shape index (κ3) is 2.54. The summed E-state index contributed by atoms with van der Waals surface area (Å²) in [6.45, 7) is 2.12. The Bertz CT molecular complexity index is 778. The second-order valence-electron chi connectivity index (χ2n) is 5.80. The van der Waals surface area contributed by atoms with E-state index in [2.05, 4.69) is 44.0 Å². The van der Waals surface area contributed by atoms with Crippen LogP contribution in [0.4, 0.5) is 11.4 Å². The van der Waals surface area contributed by atoms with Gasteiger partial charge in [0.15, 0.2) is 0 Å². The van der Waals surface area contributed by atoms with Crippen LogP contribution in [0.2, 0.25) is 0 Å². The van der Waals surface area contributed by atoms with Crippen molar-refractivity contribution in [2.24, 2.45) is 7.05 Å². The van der Waals surface area contributed by atoms with Gasteiger partial charge in [-0.25, -0.2) is 0 Å². The molecule has 22 heavy (non-hydrogen) atoms. The highest BCUT2D eigenvalue weighted by atomic mass is 32.1. The number of piperidine rings is 1. The fraction of sp³-hybridized carbons (Fsp3) is 0.375. The molecule has 114 valence electrons. The third-order valence-electron chi connectivity index (χ3n) is 4.18. The Hall–Kier alpha value is -2.08. The third-order valence-corrected chi connectivity index (χ3v) is 5.12. The van der Waals surface area contributed by atoms with Crippen molar-refractivity contribution in [1.29, 1.82) is 0 Å². The topological polar surface area (TPSA) is 46.0 Å². The minimum Gasteiger partial charge on any atom is -0.379 e. The molecule has 0 radical (unpaired) electrons. The molecule has 0 bridgehead atoms. The van der Waals surface area contributed by atoms with Crippen molar-refractivity contribution in [2.75, 3.05) is 23.3 Å². The van der Waals surface area contributed by atoms with E-state index in [9.17, 15) is 0 Å². The first-order chi connectivity index (χ1) is 10.8. The Morgan fingerprint density at radius 2 is 2.32 bits per heavy atom. The van der Waals surface area contributed by atoms with Gasteiger partial charge in [0.05, 0.1) is 27.8 Å². The van der Waals surface area contributed by atoms with Gasteiger partial charge in [0.1, 0.15) is 0 Å². The summed E-state index contributed by atoms with van der Waals surface area (Å²) in [5, 5.41) is 10.1. The highest BCUT2D eigenvalue weighted by Crippen LogP contribution is 2.29. The molecular weight excluding hydrogens is 294 g/mol. The van der Waals surface area contributed by atoms with Gasteiger partial charge in [-0.05, 0) is 30.4 Å². The van der Waals surface area contributed by atoms with Crippen molar-refractivity contribution in [2.45, 2.75) is 18.9 Å². The molecule has 1 aliphatic heterocycles. The maximum atomic E-state index is 4.41. The number of thiophene rings is 1. The Labute approximate surface area is 133 Å². The molecule has 6 heteroatoms. The predicted octanol–water partition coefficient (Wildman–Crippen LogP) is 3.11. The first-order valence-electron chi connectivity index (χ1n) is 7.62. The van der Waals surface area contributed by atoms with Crippen LogP contribution in [0.5, 0.6) is 0 Å². The summed E-state index contributed by atoms with van der Waals surface area (Å²) in [6.07, 6.45) is 8.33. The highest BCUT2D eigenvalue weighted by molar-refractivity contribution is 7.17. The molecule has 0 saturated carbocycles. The summed E-state index contributed by atoms with van der Waals surface area (Å²) in [7, 11) is 1.97. The van der Waals surface area contributed by atoms with Crippen molar-refractivity contribution in [3.05, 3.63) is 36.1 Å². The minimum atomic E-state index is 0.460. The lowest BCUT2D eigenvalue weighted by atomic mass is 10.1. The van der Waals surface area contributed by atoms with E-state index in [4.69, 9.17) is 0 Å². The molecule has 1 fully saturated rings. The number of hydrogen-bond donors (Lipinski definition) is 1. The molecule has 1 N–H and O–H groups in total. The lowest BCUT2D eigenvalue weighted by Crippen LogP contribution is -2.42. The molecule has 1 saturated heterocycles. The van der Waals surface area contributed by atoms with Crippen LogP contribution in [0.3, 0.4) is 0 Å². The number of aryl methyl sites for hydroxylation is 1. The Kier molecular flexibility index (Phi) is 3.46. The van der Waals surface area contributed by atoms with Crippen LogP contribution in [0, 0.1) is 0 Å². The summed E-state index contributed by atoms with van der Waals surface area (Å²) < 4.78 is 3.12. The van der Waals surface area contributed by atoms with Crippen molar-refractivity contribution < 1.29 is 0 Å². The van der Waals surface area contributed by atoms with E-state index in [-0.39, 0.29) is 0 Å². The van der Waals surface area contributed by atoms with Gasteiger partial charge in [-0.2, -0.15) is 5.10 Å². The van der Waals surface area contributed by atoms with E-state index < -0.39 is 0 Å². The number of aromatic nitrogens is 3. The molecular formula is C16H19N5S. The van der Waals surface area contributed by atoms with Crippen LogP contribution in [-0.4, -0.2) is 33.9 Å². The van der Waals surface area contributed by atoms with Crippen molar-refractivity contribution in [3.8, 4) is 0 Å². The summed E-state index contributed by atoms with van der Waals surface area (Å²) in [4.78, 5) is 6.83. The molecule has 0 amide bonds. The molecule has 4 heterocycles. The molecule has 0 spiro atoms. The molecule has 5 nitrogen and oxygen atoms in total. The van der Waals surface area contributed by atoms with Crippen LogP contribution in [0.15, 0.2) is 36.1 Å². The standard InChI is InChI=1S/C16H19N5S/c1-20-11-13(9-18-20)21-7-2-3-12(10-21)19-15-4-6-17-14-5-8-22-16(14)15/h4-6,8-9,11-12H,2-3,7,10H2,1H3,(H,17,19). The number of hydrogen-bond acceptors (Lipinski definition) is 5. The molecule has 1 unspecified atom stereocenters. The Morgan fingerprint density at radius 1 is 1.36 bits per heavy atom. The molecule has 3 aromatic heterocycles. The summed E-state index contributed by atoms with van der Waals surface area (Å²) in [5.41, 5.74) is 3.50. The summed E-state index contributed by atoms with van der Waals surface area (Å²) >= 11 is 1.75. The Balaban J connectivity index is 1.52. The fourth-order valence-corrected chi connectivity index (χ4v) is 3.94. The van der Waals surface area contributed by atoms with Crippen LogP contribution in [0.25, 0.3) is 10.2 Å². The number of pyridine rings is 1. The van der Waals surface area contributed by atoms with Gasteiger partial charge >= 0.3 is 0 Å². The SMILES string of the molecule is Cn1cc(N2CCCC(Nc3ccnc4ccsc34)C2)cn1. The lowest BCUT2D eigenvalue weighted by Gasteiger charge is -2.34. The van der Waals surface area contributed by atoms with Gasteiger partial charge in [-0.15, -0.1) is 11.3 Å². The van der Waals surface area contributed by atoms with Crippen molar-refractivity contribution in [3.63, 3.8) is 0 Å². The van der Waals surface area contributed by atoms with Crippen LogP contribution in [-0.2, 0) is 7.05 Å². The number of rotatable bonds is 3. The number of fused-ring (bicyclic) bond motifs is 1. The zero-order valence-corrected chi connectivity index (χ0v) is 13.4. The van der Waals surface area contributed by atoms with Gasteiger partial charge < -0.3 is 10.2 Å². The molecule has 3 aromatic rings. The molecule has 0 aromatic carbocycles. The largest absolute Gasteiger partial charge is 0.379 e. The van der Waals surface area contributed by atoms with E-state index in [0.717, 1.165) is 18.6 Å². The van der Waals surface area contributed by atoms with Gasteiger partial charge in [-0.1, -0.05) is 0 Å². The minimum absolute atomic E-state index is 0.460.